The normalized spacial score (nSPS) is 13.9. The zero-order valence-corrected chi connectivity index (χ0v) is 12.2. The molecule has 0 aromatic heterocycles. The van der Waals surface area contributed by atoms with Crippen molar-refractivity contribution in [3.05, 3.63) is 0 Å². The third kappa shape index (κ3) is 8.26. The van der Waals surface area contributed by atoms with Crippen molar-refractivity contribution in [3.8, 4) is 0 Å². The molecule has 3 nitrogen and oxygen atoms in total. The predicted octanol–water partition coefficient (Wildman–Crippen LogP) is 3.47. The largest absolute Gasteiger partial charge is 0.346 e. The van der Waals surface area contributed by atoms with E-state index < -0.39 is 0 Å². The highest BCUT2D eigenvalue weighted by atomic mass is 16.2. The Morgan fingerprint density at radius 3 is 2.11 bits per heavy atom. The summed E-state index contributed by atoms with van der Waals surface area (Å²) in [6.07, 6.45) is 9.24. The van der Waals surface area contributed by atoms with E-state index in [1.165, 1.54) is 12.8 Å². The third-order valence-electron chi connectivity index (χ3n) is 3.30. The summed E-state index contributed by atoms with van der Waals surface area (Å²) in [5.74, 6) is 0.0462. The van der Waals surface area contributed by atoms with Gasteiger partial charge in [0.25, 0.3) is 0 Å². The van der Waals surface area contributed by atoms with Gasteiger partial charge in [-0.1, -0.05) is 59.3 Å². The number of amides is 1. The summed E-state index contributed by atoms with van der Waals surface area (Å²) in [5.41, 5.74) is 0. The minimum atomic E-state index is -0.294. The molecule has 3 heteroatoms. The highest BCUT2D eigenvalue weighted by Crippen LogP contribution is 2.10. The van der Waals surface area contributed by atoms with Crippen LogP contribution in [0.25, 0.3) is 0 Å². The van der Waals surface area contributed by atoms with E-state index in [0.29, 0.717) is 0 Å². The summed E-state index contributed by atoms with van der Waals surface area (Å²) in [5, 5.41) is 2.85. The SMILES string of the molecule is CCCCCC(C=O)NC(=O)C(C)CCCCC. The maximum absolute atomic E-state index is 11.9. The Hall–Kier alpha value is -0.860. The predicted molar refractivity (Wildman–Crippen MR) is 75.4 cm³/mol. The third-order valence-corrected chi connectivity index (χ3v) is 3.30. The molecule has 0 saturated heterocycles. The molecule has 0 saturated carbocycles. The second-order valence-corrected chi connectivity index (χ2v) is 5.14. The van der Waals surface area contributed by atoms with Crippen molar-refractivity contribution < 1.29 is 9.59 Å². The minimum absolute atomic E-state index is 0.0187. The van der Waals surface area contributed by atoms with Crippen LogP contribution in [0.5, 0.6) is 0 Å². The Morgan fingerprint density at radius 2 is 1.61 bits per heavy atom. The second-order valence-electron chi connectivity index (χ2n) is 5.14. The van der Waals surface area contributed by atoms with Crippen molar-refractivity contribution in [3.63, 3.8) is 0 Å². The fourth-order valence-electron chi connectivity index (χ4n) is 1.95. The van der Waals surface area contributed by atoms with Crippen LogP contribution in [0.3, 0.4) is 0 Å². The summed E-state index contributed by atoms with van der Waals surface area (Å²) >= 11 is 0. The van der Waals surface area contributed by atoms with Crippen LogP contribution >= 0.6 is 0 Å². The van der Waals surface area contributed by atoms with E-state index in [2.05, 4.69) is 19.2 Å². The van der Waals surface area contributed by atoms with Crippen molar-refractivity contribution in [2.75, 3.05) is 0 Å². The summed E-state index contributed by atoms with van der Waals surface area (Å²) in [4.78, 5) is 22.8. The molecule has 0 bridgehead atoms. The summed E-state index contributed by atoms with van der Waals surface area (Å²) in [6, 6.07) is -0.294. The van der Waals surface area contributed by atoms with Gasteiger partial charge in [0, 0.05) is 5.92 Å². The molecule has 2 unspecified atom stereocenters. The zero-order chi connectivity index (χ0) is 13.8. The van der Waals surface area contributed by atoms with Crippen LogP contribution in [0.1, 0.15) is 72.1 Å². The molecule has 1 N–H and O–H groups in total. The van der Waals surface area contributed by atoms with Crippen molar-refractivity contribution in [2.24, 2.45) is 5.92 Å². The number of hydrogen-bond donors (Lipinski definition) is 1. The van der Waals surface area contributed by atoms with Crippen LogP contribution in [0.2, 0.25) is 0 Å². The molecule has 0 heterocycles. The fourth-order valence-corrected chi connectivity index (χ4v) is 1.95. The number of aldehydes is 1. The Kier molecular flexibility index (Phi) is 10.7. The highest BCUT2D eigenvalue weighted by molar-refractivity contribution is 5.81. The van der Waals surface area contributed by atoms with Gasteiger partial charge in [-0.25, -0.2) is 0 Å². The van der Waals surface area contributed by atoms with Gasteiger partial charge in [0.2, 0.25) is 5.91 Å². The van der Waals surface area contributed by atoms with E-state index in [1.807, 2.05) is 6.92 Å². The number of rotatable bonds is 11. The Labute approximate surface area is 112 Å². The Balaban J connectivity index is 3.89. The number of carbonyl (C=O) groups is 2. The first kappa shape index (κ1) is 17.1. The Bertz CT molecular complexity index is 229. The van der Waals surface area contributed by atoms with Crippen LogP contribution < -0.4 is 5.32 Å². The average molecular weight is 255 g/mol. The van der Waals surface area contributed by atoms with E-state index in [1.54, 1.807) is 0 Å². The molecule has 106 valence electrons. The molecule has 0 aliphatic heterocycles. The number of nitrogens with one attached hydrogen (secondary N) is 1. The first-order valence-electron chi connectivity index (χ1n) is 7.41. The van der Waals surface area contributed by atoms with E-state index >= 15 is 0 Å². The van der Waals surface area contributed by atoms with Crippen molar-refractivity contribution in [1.82, 2.24) is 5.32 Å². The first-order chi connectivity index (χ1) is 8.65. The smallest absolute Gasteiger partial charge is 0.223 e. The van der Waals surface area contributed by atoms with Gasteiger partial charge in [0.15, 0.2) is 0 Å². The lowest BCUT2D eigenvalue weighted by Gasteiger charge is -2.16. The van der Waals surface area contributed by atoms with Crippen LogP contribution in [-0.4, -0.2) is 18.2 Å². The molecule has 1 amide bonds. The van der Waals surface area contributed by atoms with Crippen LogP contribution in [0.15, 0.2) is 0 Å². The maximum Gasteiger partial charge on any atom is 0.223 e. The molecule has 0 radical (unpaired) electrons. The van der Waals surface area contributed by atoms with E-state index in [0.717, 1.165) is 44.8 Å². The second kappa shape index (κ2) is 11.2. The van der Waals surface area contributed by atoms with Crippen LogP contribution in [-0.2, 0) is 9.59 Å². The van der Waals surface area contributed by atoms with E-state index in [9.17, 15) is 9.59 Å². The minimum Gasteiger partial charge on any atom is -0.346 e. The summed E-state index contributed by atoms with van der Waals surface area (Å²) in [6.45, 7) is 6.23. The average Bonchev–Trinajstić information content (AvgIpc) is 2.37. The fraction of sp³-hybridized carbons (Fsp3) is 0.867. The van der Waals surface area contributed by atoms with Gasteiger partial charge in [-0.15, -0.1) is 0 Å². The van der Waals surface area contributed by atoms with Gasteiger partial charge in [0.05, 0.1) is 6.04 Å². The summed E-state index contributed by atoms with van der Waals surface area (Å²) in [7, 11) is 0. The molecule has 0 aromatic rings. The molecule has 0 aliphatic rings. The van der Waals surface area contributed by atoms with Crippen molar-refractivity contribution >= 4 is 12.2 Å². The molecule has 18 heavy (non-hydrogen) atoms. The molecule has 0 aromatic carbocycles. The van der Waals surface area contributed by atoms with Crippen molar-refractivity contribution in [1.29, 1.82) is 0 Å². The molecular formula is C15H29NO2. The molecular weight excluding hydrogens is 226 g/mol. The van der Waals surface area contributed by atoms with Gasteiger partial charge in [-0.3, -0.25) is 4.79 Å². The summed E-state index contributed by atoms with van der Waals surface area (Å²) < 4.78 is 0. The molecule has 0 fully saturated rings. The standard InChI is InChI=1S/C15H29NO2/c1-4-6-8-10-13(3)15(18)16-14(12-17)11-9-7-5-2/h12-14H,4-11H2,1-3H3,(H,16,18). The number of carbonyl (C=O) groups excluding carboxylic acids is 2. The van der Waals surface area contributed by atoms with Crippen LogP contribution in [0, 0.1) is 5.92 Å². The molecule has 0 aliphatic carbocycles. The monoisotopic (exact) mass is 255 g/mol. The number of hydrogen-bond acceptors (Lipinski definition) is 2. The quantitative estimate of drug-likeness (QED) is 0.454. The zero-order valence-electron chi connectivity index (χ0n) is 12.2. The highest BCUT2D eigenvalue weighted by Gasteiger charge is 2.16. The van der Waals surface area contributed by atoms with E-state index in [4.69, 9.17) is 0 Å². The van der Waals surface area contributed by atoms with Gasteiger partial charge >= 0.3 is 0 Å². The lowest BCUT2D eigenvalue weighted by atomic mass is 10.0. The molecule has 0 rings (SSSR count). The van der Waals surface area contributed by atoms with Gasteiger partial charge in [-0.05, 0) is 12.8 Å². The number of unbranched alkanes of at least 4 members (excludes halogenated alkanes) is 4. The lowest BCUT2D eigenvalue weighted by molar-refractivity contribution is -0.127. The molecule has 0 spiro atoms. The lowest BCUT2D eigenvalue weighted by Crippen LogP contribution is -2.39. The van der Waals surface area contributed by atoms with Gasteiger partial charge in [0.1, 0.15) is 6.29 Å². The van der Waals surface area contributed by atoms with Crippen molar-refractivity contribution in [2.45, 2.75) is 78.2 Å². The topological polar surface area (TPSA) is 46.2 Å². The van der Waals surface area contributed by atoms with Gasteiger partial charge in [-0.2, -0.15) is 0 Å². The maximum atomic E-state index is 11.9. The Morgan fingerprint density at radius 1 is 1.06 bits per heavy atom. The first-order valence-corrected chi connectivity index (χ1v) is 7.41. The van der Waals surface area contributed by atoms with Crippen LogP contribution in [0.4, 0.5) is 0 Å². The molecule has 2 atom stereocenters. The van der Waals surface area contributed by atoms with E-state index in [-0.39, 0.29) is 17.9 Å². The van der Waals surface area contributed by atoms with Gasteiger partial charge < -0.3 is 10.1 Å².